The van der Waals surface area contributed by atoms with E-state index in [2.05, 4.69) is 0 Å². The Labute approximate surface area is 131 Å². The molecule has 3 nitrogen and oxygen atoms in total. The summed E-state index contributed by atoms with van der Waals surface area (Å²) in [6.45, 7) is 1.94. The minimum absolute atomic E-state index is 0. The molecule has 2 radical (unpaired) electrons. The Morgan fingerprint density at radius 2 is 2.14 bits per heavy atom. The zero-order chi connectivity index (χ0) is 8.77. The van der Waals surface area contributed by atoms with Gasteiger partial charge in [-0.25, -0.2) is 0 Å². The van der Waals surface area contributed by atoms with Gasteiger partial charge in [-0.15, -0.1) is 0 Å². The number of fused-ring (bicyclic) bond motifs is 2. The number of hydrogen-bond donors (Lipinski definition) is 2. The topological polar surface area (TPSA) is 49.7 Å². The molecule has 0 aromatic rings. The SMILES string of the molecule is CC1OC2(CO)CCC[C@@H]1C2O.[Ta].[Tb]. The fourth-order valence-corrected chi connectivity index (χ4v) is 2.62. The van der Waals surface area contributed by atoms with Crippen LogP contribution in [0, 0.1) is 44.5 Å². The van der Waals surface area contributed by atoms with E-state index in [4.69, 9.17) is 4.74 Å². The average molecular weight is 512 g/mol. The molecule has 2 aliphatic rings. The van der Waals surface area contributed by atoms with Crippen molar-refractivity contribution in [1.82, 2.24) is 0 Å². The Bertz CT molecular complexity index is 193. The first-order valence-corrected chi connectivity index (χ1v) is 4.66. The van der Waals surface area contributed by atoms with E-state index < -0.39 is 11.7 Å². The maximum atomic E-state index is 9.84. The van der Waals surface area contributed by atoms with Gasteiger partial charge in [0, 0.05) is 66.9 Å². The van der Waals surface area contributed by atoms with Crippen LogP contribution < -0.4 is 0 Å². The molecule has 0 amide bonds. The maximum Gasteiger partial charge on any atom is 0.118 e. The van der Waals surface area contributed by atoms with Crippen LogP contribution in [0.25, 0.3) is 0 Å². The minimum Gasteiger partial charge on any atom is -0.393 e. The monoisotopic (exact) mass is 512 g/mol. The Kier molecular flexibility index (Phi) is 6.82. The van der Waals surface area contributed by atoms with E-state index >= 15 is 0 Å². The zero-order valence-corrected chi connectivity index (χ0v) is 13.5. The van der Waals surface area contributed by atoms with Crippen molar-refractivity contribution in [3.63, 3.8) is 0 Å². The molecular weight excluding hydrogens is 496 g/mol. The molecule has 0 aromatic carbocycles. The summed E-state index contributed by atoms with van der Waals surface area (Å²) in [4.78, 5) is 0. The first-order valence-electron chi connectivity index (χ1n) is 4.66. The summed E-state index contributed by atoms with van der Waals surface area (Å²) in [6, 6.07) is 0. The molecule has 2 fully saturated rings. The van der Waals surface area contributed by atoms with E-state index in [9.17, 15) is 10.2 Å². The van der Waals surface area contributed by atoms with Crippen LogP contribution in [-0.4, -0.2) is 34.6 Å². The van der Waals surface area contributed by atoms with Gasteiger partial charge in [0.05, 0.1) is 18.8 Å². The van der Waals surface area contributed by atoms with Crippen LogP contribution in [0.5, 0.6) is 0 Å². The quantitative estimate of drug-likeness (QED) is 0.532. The third kappa shape index (κ3) is 2.42. The fraction of sp³-hybridized carbons (Fsp3) is 1.00. The van der Waals surface area contributed by atoms with Crippen LogP contribution >= 0.6 is 0 Å². The van der Waals surface area contributed by atoms with E-state index in [0.29, 0.717) is 0 Å². The van der Waals surface area contributed by atoms with Crippen LogP contribution in [0.3, 0.4) is 0 Å². The van der Waals surface area contributed by atoms with Gasteiger partial charge in [-0.3, -0.25) is 0 Å². The smallest absolute Gasteiger partial charge is 0.118 e. The van der Waals surface area contributed by atoms with Gasteiger partial charge in [0.25, 0.3) is 0 Å². The van der Waals surface area contributed by atoms with Crippen molar-refractivity contribution in [2.75, 3.05) is 6.61 Å². The third-order valence-corrected chi connectivity index (χ3v) is 3.37. The van der Waals surface area contributed by atoms with E-state index in [1.54, 1.807) is 0 Å². The molecule has 1 aliphatic heterocycles. The van der Waals surface area contributed by atoms with Crippen LogP contribution in [0.4, 0.5) is 0 Å². The molecule has 1 aliphatic carbocycles. The van der Waals surface area contributed by atoms with Crippen molar-refractivity contribution in [3.8, 4) is 0 Å². The van der Waals surface area contributed by atoms with Crippen LogP contribution in [0.1, 0.15) is 26.2 Å². The molecule has 84 valence electrons. The molecule has 1 heterocycles. The summed E-state index contributed by atoms with van der Waals surface area (Å²) in [5.74, 6) is 0.242. The Morgan fingerprint density at radius 3 is 2.64 bits per heavy atom. The van der Waals surface area contributed by atoms with Gasteiger partial charge >= 0.3 is 0 Å². The predicted molar refractivity (Wildman–Crippen MR) is 43.7 cm³/mol. The van der Waals surface area contributed by atoms with E-state index in [-0.39, 0.29) is 79.6 Å². The van der Waals surface area contributed by atoms with Crippen molar-refractivity contribution >= 4 is 0 Å². The second-order valence-electron chi connectivity index (χ2n) is 4.05. The summed E-state index contributed by atoms with van der Waals surface area (Å²) in [7, 11) is 0. The first kappa shape index (κ1) is 15.9. The normalized spacial score (nSPS) is 45.2. The number of rotatable bonds is 1. The molecular formula is C9H16O3TaTb. The molecule has 2 bridgehead atoms. The molecule has 0 spiro atoms. The van der Waals surface area contributed by atoms with Gasteiger partial charge in [-0.2, -0.15) is 0 Å². The van der Waals surface area contributed by atoms with Crippen LogP contribution in [0.2, 0.25) is 0 Å². The van der Waals surface area contributed by atoms with Crippen molar-refractivity contribution in [1.29, 1.82) is 0 Å². The summed E-state index contributed by atoms with van der Waals surface area (Å²) in [5.41, 5.74) is -0.623. The summed E-state index contributed by atoms with van der Waals surface area (Å²) < 4.78 is 5.63. The number of hydrogen-bond acceptors (Lipinski definition) is 3. The van der Waals surface area contributed by atoms with Gasteiger partial charge in [-0.05, 0) is 26.2 Å². The van der Waals surface area contributed by atoms with Crippen molar-refractivity contribution < 1.29 is 75.9 Å². The zero-order valence-electron chi connectivity index (χ0n) is 8.14. The van der Waals surface area contributed by atoms with E-state index in [1.165, 1.54) is 0 Å². The van der Waals surface area contributed by atoms with Gasteiger partial charge in [-0.1, -0.05) is 0 Å². The molecule has 5 heteroatoms. The second kappa shape index (κ2) is 6.01. The second-order valence-corrected chi connectivity index (χ2v) is 4.05. The molecule has 2 rings (SSSR count). The molecule has 0 aromatic heterocycles. The molecule has 3 unspecified atom stereocenters. The minimum atomic E-state index is -0.623. The molecule has 1 saturated carbocycles. The molecule has 14 heavy (non-hydrogen) atoms. The first-order chi connectivity index (χ1) is 5.69. The number of ether oxygens (including phenoxy) is 1. The Morgan fingerprint density at radius 1 is 1.50 bits per heavy atom. The van der Waals surface area contributed by atoms with Gasteiger partial charge < -0.3 is 14.9 Å². The van der Waals surface area contributed by atoms with Crippen molar-refractivity contribution in [2.45, 2.75) is 44.0 Å². The predicted octanol–water partition coefficient (Wildman–Crippen LogP) is 0.295. The van der Waals surface area contributed by atoms with E-state index in [0.717, 1.165) is 19.3 Å². The largest absolute Gasteiger partial charge is 0.393 e. The average Bonchev–Trinajstić information content (AvgIpc) is 2.23. The number of aliphatic hydroxyl groups excluding tert-OH is 2. The summed E-state index contributed by atoms with van der Waals surface area (Å²) in [5, 5.41) is 19.0. The number of aliphatic hydroxyl groups is 2. The Hall–Kier alpha value is 1.91. The van der Waals surface area contributed by atoms with Gasteiger partial charge in [0.15, 0.2) is 0 Å². The third-order valence-electron chi connectivity index (χ3n) is 3.37. The van der Waals surface area contributed by atoms with Crippen LogP contribution in [0.15, 0.2) is 0 Å². The van der Waals surface area contributed by atoms with Crippen LogP contribution in [-0.2, 0) is 27.1 Å². The summed E-state index contributed by atoms with van der Waals surface area (Å²) >= 11 is 0. The van der Waals surface area contributed by atoms with Crippen molar-refractivity contribution in [3.05, 3.63) is 0 Å². The maximum absolute atomic E-state index is 9.84. The Balaban J connectivity index is 0.000000845. The summed E-state index contributed by atoms with van der Waals surface area (Å²) in [6.07, 6.45) is 2.54. The van der Waals surface area contributed by atoms with Gasteiger partial charge in [0.2, 0.25) is 0 Å². The van der Waals surface area contributed by atoms with Crippen molar-refractivity contribution in [2.24, 2.45) is 5.92 Å². The van der Waals surface area contributed by atoms with E-state index in [1.807, 2.05) is 6.92 Å². The van der Waals surface area contributed by atoms with Gasteiger partial charge in [0.1, 0.15) is 5.60 Å². The fourth-order valence-electron chi connectivity index (χ4n) is 2.62. The standard InChI is InChI=1S/C9H16O3.Ta.Tb/c1-6-7-3-2-4-9(5-10,12-6)8(7)11;;/h6-8,10-11H,2-5H2,1H3;;/t6?,7-,8?,9?;;/m0../s1. The molecule has 1 saturated heterocycles. The molecule has 2 N–H and O–H groups in total. The molecule has 4 atom stereocenters.